The van der Waals surface area contributed by atoms with Gasteiger partial charge in [-0.2, -0.15) is 5.26 Å². The summed E-state index contributed by atoms with van der Waals surface area (Å²) < 4.78 is 10.0. The number of hydrogen-bond donors (Lipinski definition) is 2. The predicted octanol–water partition coefficient (Wildman–Crippen LogP) is 2.85. The van der Waals surface area contributed by atoms with Gasteiger partial charge in [0.15, 0.2) is 0 Å². The molecule has 3 N–H and O–H groups in total. The van der Waals surface area contributed by atoms with Crippen LogP contribution in [0.5, 0.6) is 0 Å². The van der Waals surface area contributed by atoms with Gasteiger partial charge in [0.25, 0.3) is 0 Å². The standard InChI is InChI=1S/C25H24N4O5/c1-14-10-11-17(28-15(2)30)12-19(14)29-22(25(32)34-4)21(24(31)33-3)20(18(13-26)23(29)27)16-8-6-5-7-9-16/h5-12,20H,27H2,1-4H3,(H,28,30). The lowest BCUT2D eigenvalue weighted by Crippen LogP contribution is -2.41. The van der Waals surface area contributed by atoms with Gasteiger partial charge >= 0.3 is 11.9 Å². The monoisotopic (exact) mass is 460 g/mol. The third kappa shape index (κ3) is 4.34. The van der Waals surface area contributed by atoms with Crippen molar-refractivity contribution in [3.05, 3.63) is 82.3 Å². The third-order valence-electron chi connectivity index (χ3n) is 5.38. The fraction of sp³-hybridized carbons (Fsp3) is 0.200. The Balaban J connectivity index is 2.41. The fourth-order valence-electron chi connectivity index (χ4n) is 3.89. The van der Waals surface area contributed by atoms with E-state index in [-0.39, 0.29) is 28.6 Å². The third-order valence-corrected chi connectivity index (χ3v) is 5.38. The second-order valence-electron chi connectivity index (χ2n) is 7.52. The lowest BCUT2D eigenvalue weighted by Gasteiger charge is -2.36. The summed E-state index contributed by atoms with van der Waals surface area (Å²) in [6.45, 7) is 3.13. The summed E-state index contributed by atoms with van der Waals surface area (Å²) in [5, 5.41) is 12.8. The Morgan fingerprint density at radius 1 is 1.06 bits per heavy atom. The number of allylic oxidation sites excluding steroid dienone is 1. The Hall–Kier alpha value is -4.58. The lowest BCUT2D eigenvalue weighted by molar-refractivity contribution is -0.139. The number of methoxy groups -OCH3 is 2. The molecule has 1 aliphatic heterocycles. The van der Waals surface area contributed by atoms with Crippen molar-refractivity contribution in [2.24, 2.45) is 5.73 Å². The number of amides is 1. The van der Waals surface area contributed by atoms with Gasteiger partial charge in [0.2, 0.25) is 5.91 Å². The molecule has 9 heteroatoms. The number of anilines is 2. The highest BCUT2D eigenvalue weighted by Gasteiger charge is 2.43. The fourth-order valence-corrected chi connectivity index (χ4v) is 3.89. The van der Waals surface area contributed by atoms with Crippen LogP contribution >= 0.6 is 0 Å². The highest BCUT2D eigenvalue weighted by molar-refractivity contribution is 6.06. The summed E-state index contributed by atoms with van der Waals surface area (Å²) in [4.78, 5) is 39.1. The van der Waals surface area contributed by atoms with E-state index in [1.54, 1.807) is 55.5 Å². The van der Waals surface area contributed by atoms with E-state index in [9.17, 15) is 19.6 Å². The number of ether oxygens (including phenoxy) is 2. The molecule has 1 amide bonds. The minimum Gasteiger partial charge on any atom is -0.466 e. The van der Waals surface area contributed by atoms with Crippen molar-refractivity contribution < 1.29 is 23.9 Å². The summed E-state index contributed by atoms with van der Waals surface area (Å²) in [6, 6.07) is 15.8. The Bertz CT molecular complexity index is 1260. The van der Waals surface area contributed by atoms with Crippen molar-refractivity contribution in [3.63, 3.8) is 0 Å². The molecule has 0 saturated heterocycles. The van der Waals surface area contributed by atoms with Crippen molar-refractivity contribution >= 4 is 29.2 Å². The molecule has 1 atom stereocenters. The Morgan fingerprint density at radius 2 is 1.71 bits per heavy atom. The second kappa shape index (κ2) is 9.92. The maximum absolute atomic E-state index is 13.1. The molecular formula is C25H24N4O5. The second-order valence-corrected chi connectivity index (χ2v) is 7.52. The maximum atomic E-state index is 13.1. The van der Waals surface area contributed by atoms with E-state index in [2.05, 4.69) is 11.4 Å². The van der Waals surface area contributed by atoms with Crippen molar-refractivity contribution in [1.29, 1.82) is 5.26 Å². The average Bonchev–Trinajstić information content (AvgIpc) is 2.83. The number of nitriles is 1. The van der Waals surface area contributed by atoms with Crippen LogP contribution in [0.25, 0.3) is 0 Å². The number of benzene rings is 2. The molecule has 1 heterocycles. The van der Waals surface area contributed by atoms with Gasteiger partial charge in [0.05, 0.1) is 43.0 Å². The highest BCUT2D eigenvalue weighted by atomic mass is 16.5. The van der Waals surface area contributed by atoms with Crippen LogP contribution in [0.1, 0.15) is 24.0 Å². The molecule has 0 aromatic heterocycles. The highest BCUT2D eigenvalue weighted by Crippen LogP contribution is 2.44. The average molecular weight is 460 g/mol. The smallest absolute Gasteiger partial charge is 0.355 e. The van der Waals surface area contributed by atoms with Crippen LogP contribution in [-0.4, -0.2) is 32.1 Å². The Morgan fingerprint density at radius 3 is 2.26 bits per heavy atom. The normalized spacial score (nSPS) is 15.5. The molecule has 0 fully saturated rings. The number of nitrogens with two attached hydrogens (primary N) is 1. The summed E-state index contributed by atoms with van der Waals surface area (Å²) >= 11 is 0. The molecule has 3 rings (SSSR count). The number of esters is 2. The van der Waals surface area contributed by atoms with Gasteiger partial charge in [-0.25, -0.2) is 9.59 Å². The number of carbonyl (C=O) groups excluding carboxylic acids is 3. The van der Waals surface area contributed by atoms with Crippen LogP contribution in [0.2, 0.25) is 0 Å². The zero-order valence-electron chi connectivity index (χ0n) is 19.2. The van der Waals surface area contributed by atoms with Gasteiger partial charge < -0.3 is 20.5 Å². The quantitative estimate of drug-likeness (QED) is 0.651. The molecule has 9 nitrogen and oxygen atoms in total. The predicted molar refractivity (Wildman–Crippen MR) is 125 cm³/mol. The Kier molecular flexibility index (Phi) is 7.02. The number of hydrogen-bond acceptors (Lipinski definition) is 8. The first-order valence-corrected chi connectivity index (χ1v) is 10.3. The minimum atomic E-state index is -0.956. The van der Waals surface area contributed by atoms with E-state index in [1.165, 1.54) is 26.0 Å². The first-order valence-electron chi connectivity index (χ1n) is 10.3. The molecule has 1 unspecified atom stereocenters. The Labute approximate surface area is 197 Å². The van der Waals surface area contributed by atoms with Crippen LogP contribution in [0.15, 0.2) is 71.2 Å². The number of nitrogens with zero attached hydrogens (tertiary/aromatic N) is 2. The van der Waals surface area contributed by atoms with Crippen molar-refractivity contribution in [3.8, 4) is 6.07 Å². The van der Waals surface area contributed by atoms with Gasteiger partial charge in [-0.05, 0) is 30.2 Å². The number of carbonyl (C=O) groups is 3. The van der Waals surface area contributed by atoms with E-state index >= 15 is 0 Å². The lowest BCUT2D eigenvalue weighted by atomic mass is 9.80. The van der Waals surface area contributed by atoms with Crippen LogP contribution in [0.3, 0.4) is 0 Å². The summed E-state index contributed by atoms with van der Waals surface area (Å²) in [5.41, 5.74) is 8.35. The molecule has 0 radical (unpaired) electrons. The molecule has 174 valence electrons. The van der Waals surface area contributed by atoms with Crippen LogP contribution in [0, 0.1) is 18.3 Å². The molecular weight excluding hydrogens is 436 g/mol. The van der Waals surface area contributed by atoms with Gasteiger partial charge in [0, 0.05) is 12.6 Å². The van der Waals surface area contributed by atoms with Gasteiger partial charge in [-0.3, -0.25) is 9.69 Å². The van der Waals surface area contributed by atoms with Crippen LogP contribution < -0.4 is 16.0 Å². The molecule has 0 bridgehead atoms. The molecule has 0 spiro atoms. The van der Waals surface area contributed by atoms with Gasteiger partial charge in [-0.1, -0.05) is 36.4 Å². The molecule has 2 aromatic carbocycles. The van der Waals surface area contributed by atoms with E-state index in [4.69, 9.17) is 15.2 Å². The van der Waals surface area contributed by atoms with Crippen molar-refractivity contribution in [1.82, 2.24) is 0 Å². The summed E-state index contributed by atoms with van der Waals surface area (Å²) in [5.74, 6) is -2.95. The molecule has 34 heavy (non-hydrogen) atoms. The van der Waals surface area contributed by atoms with Gasteiger partial charge in [-0.15, -0.1) is 0 Å². The molecule has 1 aliphatic rings. The molecule has 0 aliphatic carbocycles. The molecule has 0 saturated carbocycles. The zero-order valence-corrected chi connectivity index (χ0v) is 19.2. The number of aryl methyl sites for hydroxylation is 1. The van der Waals surface area contributed by atoms with E-state index in [0.29, 0.717) is 22.5 Å². The largest absolute Gasteiger partial charge is 0.466 e. The van der Waals surface area contributed by atoms with Gasteiger partial charge in [0.1, 0.15) is 11.5 Å². The topological polar surface area (TPSA) is 135 Å². The van der Waals surface area contributed by atoms with Crippen molar-refractivity contribution in [2.45, 2.75) is 19.8 Å². The first-order chi connectivity index (χ1) is 16.2. The van der Waals surface area contributed by atoms with Crippen molar-refractivity contribution in [2.75, 3.05) is 24.4 Å². The SMILES string of the molecule is COC(=O)C1=C(C(=O)OC)N(c2cc(NC(C)=O)ccc2C)C(N)=C(C#N)C1c1ccccc1. The number of nitrogens with one attached hydrogen (secondary N) is 1. The van der Waals surface area contributed by atoms with Crippen LogP contribution in [0.4, 0.5) is 11.4 Å². The minimum absolute atomic E-state index is 0.0486. The summed E-state index contributed by atoms with van der Waals surface area (Å²) in [7, 11) is 2.37. The van der Waals surface area contributed by atoms with Crippen LogP contribution in [-0.2, 0) is 23.9 Å². The van der Waals surface area contributed by atoms with E-state index < -0.39 is 17.9 Å². The van der Waals surface area contributed by atoms with E-state index in [1.807, 2.05) is 0 Å². The summed E-state index contributed by atoms with van der Waals surface area (Å²) in [6.07, 6.45) is 0. The van der Waals surface area contributed by atoms with E-state index in [0.717, 1.165) is 0 Å². The zero-order chi connectivity index (χ0) is 25.0. The molecule has 2 aromatic rings. The first kappa shape index (κ1) is 24.1. The maximum Gasteiger partial charge on any atom is 0.355 e. The number of rotatable bonds is 5.